The third-order valence-corrected chi connectivity index (χ3v) is 16.3. The first-order valence-electron chi connectivity index (χ1n) is 20.2. The lowest BCUT2D eigenvalue weighted by Crippen LogP contribution is -2.74. The predicted molar refractivity (Wildman–Crippen MR) is 215 cm³/mol. The second-order valence-corrected chi connectivity index (χ2v) is 20.6. The third-order valence-electron chi connectivity index (χ3n) is 10.6. The quantitative estimate of drug-likeness (QED) is 0.0248. The van der Waals surface area contributed by atoms with Gasteiger partial charge < -0.3 is 28.1 Å². The first kappa shape index (κ1) is 60.3. The number of hydrogen-bond acceptors (Lipinski definition) is 8. The first-order valence-corrected chi connectivity index (χ1v) is 22.5. The minimum absolute atomic E-state index is 0.0803. The lowest BCUT2D eigenvalue weighted by molar-refractivity contribution is -0.461. The Hall–Kier alpha value is -4.79. The number of anilines is 1. The Kier molecular flexibility index (Phi) is 20.1. The minimum atomic E-state index is -8.71. The minimum Gasteiger partial charge on any atom is -0.497 e. The number of halogens is 17. The van der Waals surface area contributed by atoms with Crippen LogP contribution < -0.4 is 14.8 Å². The summed E-state index contributed by atoms with van der Waals surface area (Å²) in [6.07, 6.45) is -8.22. The third kappa shape index (κ3) is 13.0. The van der Waals surface area contributed by atoms with E-state index in [0.29, 0.717) is 17.0 Å². The molecule has 0 aromatic heterocycles. The molecule has 2 aromatic carbocycles. The van der Waals surface area contributed by atoms with E-state index >= 15 is 8.78 Å². The van der Waals surface area contributed by atoms with Gasteiger partial charge in [-0.25, -0.2) is 9.59 Å². The summed E-state index contributed by atoms with van der Waals surface area (Å²) in [6.45, 7) is 5.96. The van der Waals surface area contributed by atoms with E-state index in [4.69, 9.17) is 28.1 Å². The van der Waals surface area contributed by atoms with Crippen LogP contribution in [0.1, 0.15) is 52.7 Å². The average molecular weight is 1050 g/mol. The van der Waals surface area contributed by atoms with E-state index in [-0.39, 0.29) is 12.4 Å². The molecule has 2 atom stereocenters. The highest BCUT2D eigenvalue weighted by molar-refractivity contribution is 6.76. The maximum atomic E-state index is 15.0. The highest BCUT2D eigenvalue weighted by atomic mass is 28.4. The number of rotatable bonds is 26. The van der Waals surface area contributed by atoms with Crippen LogP contribution in [0.4, 0.5) is 85.1 Å². The zero-order chi connectivity index (χ0) is 53.2. The van der Waals surface area contributed by atoms with Gasteiger partial charge in [-0.05, 0) is 66.0 Å². The Labute approximate surface area is 385 Å². The van der Waals surface area contributed by atoms with Gasteiger partial charge in [-0.1, -0.05) is 58.1 Å². The molecule has 0 unspecified atom stereocenters. The van der Waals surface area contributed by atoms with Crippen molar-refractivity contribution in [2.24, 2.45) is 0 Å². The Morgan fingerprint density at radius 2 is 1.14 bits per heavy atom. The molecule has 0 fully saturated rings. The Bertz CT molecular complexity index is 2020. The van der Waals surface area contributed by atoms with Crippen molar-refractivity contribution in [2.45, 2.75) is 118 Å². The number of carbonyl (C=O) groups is 2. The van der Waals surface area contributed by atoms with Gasteiger partial charge >= 0.3 is 59.7 Å². The molecule has 392 valence electrons. The summed E-state index contributed by atoms with van der Waals surface area (Å²) in [7, 11) is -1.31. The number of benzene rings is 2. The molecular weight excluding hydrogens is 998 g/mol. The maximum absolute atomic E-state index is 15.0. The molecule has 0 spiro atoms. The van der Waals surface area contributed by atoms with Crippen molar-refractivity contribution in [3.8, 4) is 11.5 Å². The van der Waals surface area contributed by atoms with Gasteiger partial charge in [-0.15, -0.1) is 0 Å². The van der Waals surface area contributed by atoms with E-state index in [1.807, 2.05) is 0 Å². The summed E-state index contributed by atoms with van der Waals surface area (Å²) in [6, 6.07) is 10.4. The predicted octanol–water partition coefficient (Wildman–Crippen LogP) is 13.2. The van der Waals surface area contributed by atoms with Crippen molar-refractivity contribution in [1.29, 1.82) is 0 Å². The number of nitrogens with one attached hydrogen (secondary N) is 1. The maximum Gasteiger partial charge on any atom is 0.460 e. The molecular formula is C42H48F17NO8Si. The Balaban J connectivity index is 2.34. The fraction of sp³-hybridized carbons (Fsp3) is 0.571. The molecule has 0 saturated heterocycles. The van der Waals surface area contributed by atoms with E-state index in [2.05, 4.69) is 5.32 Å². The Morgan fingerprint density at radius 3 is 1.61 bits per heavy atom. The second-order valence-electron chi connectivity index (χ2n) is 15.6. The number of carbonyl (C=O) groups excluding carboxylic acids is 2. The average Bonchev–Trinajstić information content (AvgIpc) is 3.25. The summed E-state index contributed by atoms with van der Waals surface area (Å²) in [5.41, 5.74) is -1.18. The van der Waals surface area contributed by atoms with Crippen molar-refractivity contribution in [2.75, 3.05) is 39.4 Å². The molecule has 0 aliphatic heterocycles. The van der Waals surface area contributed by atoms with Crippen LogP contribution in [0, 0.1) is 0 Å². The van der Waals surface area contributed by atoms with Crippen LogP contribution >= 0.6 is 0 Å². The molecule has 27 heteroatoms. The molecule has 0 aliphatic rings. The van der Waals surface area contributed by atoms with E-state index in [0.717, 1.165) is 6.08 Å². The highest BCUT2D eigenvalue weighted by Crippen LogP contribution is 2.64. The van der Waals surface area contributed by atoms with Crippen LogP contribution in [0.15, 0.2) is 72.8 Å². The van der Waals surface area contributed by atoms with E-state index < -0.39 is 117 Å². The SMILES string of the molecule is CCOC(=O)/C=C/C=C/[C@H](OC)[C@@H](OC(=O)Nc1ccc(OC)cc1)c1ccc(OCCO[Si](CCC(F)(F)C(F)(F)C(F)(F)C(F)(F)C(F)(F)C(F)(F)C(F)(F)C(F)(F)F)(C(C)C)C(C)C)cc1. The lowest BCUT2D eigenvalue weighted by atomic mass is 9.88. The number of methoxy groups -OCH3 is 2. The lowest BCUT2D eigenvalue weighted by Gasteiger charge is -2.44. The van der Waals surface area contributed by atoms with Gasteiger partial charge in [0.1, 0.15) is 24.2 Å². The fourth-order valence-electron chi connectivity index (χ4n) is 6.56. The van der Waals surface area contributed by atoms with Crippen LogP contribution in [-0.4, -0.2) is 108 Å². The van der Waals surface area contributed by atoms with E-state index in [9.17, 15) is 75.4 Å². The van der Waals surface area contributed by atoms with Gasteiger partial charge in [0.2, 0.25) is 0 Å². The van der Waals surface area contributed by atoms with Crippen molar-refractivity contribution >= 4 is 26.1 Å². The molecule has 0 bridgehead atoms. The van der Waals surface area contributed by atoms with Crippen LogP contribution in [0.25, 0.3) is 0 Å². The van der Waals surface area contributed by atoms with Crippen LogP contribution in [0.3, 0.4) is 0 Å². The highest BCUT2D eigenvalue weighted by Gasteiger charge is 2.95. The van der Waals surface area contributed by atoms with Crippen molar-refractivity contribution in [1.82, 2.24) is 0 Å². The summed E-state index contributed by atoms with van der Waals surface area (Å²) in [5.74, 6) is -57.0. The molecule has 0 radical (unpaired) electrons. The molecule has 69 heavy (non-hydrogen) atoms. The van der Waals surface area contributed by atoms with Crippen molar-refractivity contribution in [3.63, 3.8) is 0 Å². The summed E-state index contributed by atoms with van der Waals surface area (Å²) in [4.78, 5) is 24.7. The molecule has 2 aromatic rings. The van der Waals surface area contributed by atoms with Crippen LogP contribution in [0.5, 0.6) is 11.5 Å². The zero-order valence-corrected chi connectivity index (χ0v) is 38.5. The van der Waals surface area contributed by atoms with Gasteiger partial charge in [-0.2, -0.15) is 74.6 Å². The molecule has 9 nitrogen and oxygen atoms in total. The number of amides is 1. The van der Waals surface area contributed by atoms with Gasteiger partial charge in [0.25, 0.3) is 0 Å². The standard InChI is InChI=1S/C42H48F17NO8Si/c1-8-65-32(61)12-10-9-11-31(64-7)33(68-34(62)60-28-15-19-29(63-6)20-16-28)27-13-17-30(18-14-27)66-22-23-67-69(25(2)3,26(4)5)24-21-35(43,44)36(45,46)37(47,48)38(49,50)39(51,52)40(53,54)41(55,56)42(57,58)59/h9-20,25-26,31,33H,8,21-24H2,1-7H3,(H,60,62)/b11-9+,12-10+/t31-,33-/m0/s1. The van der Waals surface area contributed by atoms with Crippen LogP contribution in [-0.2, 0) is 23.4 Å². The fourth-order valence-corrected chi connectivity index (χ4v) is 11.0. The number of allylic oxidation sites excluding steroid dienone is 2. The number of ether oxygens (including phenoxy) is 5. The van der Waals surface area contributed by atoms with Gasteiger partial charge in [-0.3, -0.25) is 5.32 Å². The monoisotopic (exact) mass is 1050 g/mol. The van der Waals surface area contributed by atoms with Crippen LogP contribution in [0.2, 0.25) is 17.1 Å². The van der Waals surface area contributed by atoms with E-state index in [1.54, 1.807) is 19.1 Å². The topological polar surface area (TPSA) is 102 Å². The Morgan fingerprint density at radius 1 is 0.652 bits per heavy atom. The number of hydrogen-bond donors (Lipinski definition) is 1. The van der Waals surface area contributed by atoms with E-state index in [1.165, 1.54) is 96.5 Å². The molecule has 1 N–H and O–H groups in total. The normalized spacial score (nSPS) is 14.9. The van der Waals surface area contributed by atoms with Gasteiger partial charge in [0.05, 0.1) is 20.3 Å². The van der Waals surface area contributed by atoms with Gasteiger partial charge in [0, 0.05) is 25.3 Å². The van der Waals surface area contributed by atoms with Crippen molar-refractivity contribution < 1.29 is 112 Å². The first-order chi connectivity index (χ1) is 31.5. The number of alkyl halides is 17. The number of esters is 1. The molecule has 2 rings (SSSR count). The zero-order valence-electron chi connectivity index (χ0n) is 37.5. The summed E-state index contributed by atoms with van der Waals surface area (Å²) >= 11 is 0. The van der Waals surface area contributed by atoms with Crippen molar-refractivity contribution in [3.05, 3.63) is 78.4 Å². The molecule has 0 aliphatic carbocycles. The molecule has 0 saturated carbocycles. The second kappa shape index (κ2) is 23.0. The van der Waals surface area contributed by atoms with Gasteiger partial charge in [0.15, 0.2) is 14.4 Å². The largest absolute Gasteiger partial charge is 0.497 e. The summed E-state index contributed by atoms with van der Waals surface area (Å²) < 4.78 is 269. The summed E-state index contributed by atoms with van der Waals surface area (Å²) in [5, 5.41) is 2.54. The molecule has 1 amide bonds. The smallest absolute Gasteiger partial charge is 0.460 e. The molecule has 0 heterocycles.